The van der Waals surface area contributed by atoms with Gasteiger partial charge in [0.15, 0.2) is 5.69 Å². The number of hydrogen-bond acceptors (Lipinski definition) is 5. The highest BCUT2D eigenvalue weighted by atomic mass is 32.1. The van der Waals surface area contributed by atoms with E-state index >= 15 is 0 Å². The molecule has 0 bridgehead atoms. The molecule has 2 amide bonds. The minimum atomic E-state index is -0.358. The van der Waals surface area contributed by atoms with Gasteiger partial charge in [-0.15, -0.1) is 11.3 Å². The molecule has 0 saturated carbocycles. The second-order valence-corrected chi connectivity index (χ2v) is 7.20. The Bertz CT molecular complexity index is 1130. The van der Waals surface area contributed by atoms with Gasteiger partial charge in [0, 0.05) is 16.9 Å². The number of aryl methyl sites for hydroxylation is 1. The molecule has 0 fully saturated rings. The van der Waals surface area contributed by atoms with Crippen molar-refractivity contribution in [2.75, 3.05) is 10.6 Å². The molecule has 0 unspecified atom stereocenters. The van der Waals surface area contributed by atoms with Gasteiger partial charge in [-0.25, -0.2) is 4.98 Å². The first-order valence-electron chi connectivity index (χ1n) is 8.89. The molecular weight excluding hydrogens is 386 g/mol. The summed E-state index contributed by atoms with van der Waals surface area (Å²) in [4.78, 5) is 29.7. The Hall–Kier alpha value is -3.71. The maximum absolute atomic E-state index is 12.6. The zero-order valence-corrected chi connectivity index (χ0v) is 16.3. The predicted octanol–water partition coefficient (Wildman–Crippen LogP) is 5.22. The van der Waals surface area contributed by atoms with Crippen molar-refractivity contribution in [1.29, 1.82) is 0 Å². The molecule has 0 aliphatic carbocycles. The van der Waals surface area contributed by atoms with E-state index in [4.69, 9.17) is 4.42 Å². The number of hydrogen-bond donors (Lipinski definition) is 2. The van der Waals surface area contributed by atoms with Crippen LogP contribution in [0.5, 0.6) is 0 Å². The Balaban J connectivity index is 1.44. The Morgan fingerprint density at radius 1 is 0.862 bits per heavy atom. The van der Waals surface area contributed by atoms with Crippen molar-refractivity contribution in [2.24, 2.45) is 0 Å². The first-order chi connectivity index (χ1) is 14.1. The van der Waals surface area contributed by atoms with Crippen LogP contribution in [0.3, 0.4) is 0 Å². The Kier molecular flexibility index (Phi) is 5.22. The second kappa shape index (κ2) is 8.12. The standard InChI is InChI=1S/C22H17N3O3S/c1-14-19(25-22(28-14)15-6-3-2-4-7-15)21(27)24-17-11-9-16(10-12-17)23-20(26)18-8-5-13-29-18/h2-13H,1H3,(H,23,26)(H,24,27). The average molecular weight is 403 g/mol. The Labute approximate surface area is 171 Å². The van der Waals surface area contributed by atoms with Gasteiger partial charge in [0.05, 0.1) is 4.88 Å². The van der Waals surface area contributed by atoms with Crippen molar-refractivity contribution < 1.29 is 14.0 Å². The molecule has 2 aromatic heterocycles. The predicted molar refractivity (Wildman–Crippen MR) is 113 cm³/mol. The minimum absolute atomic E-state index is 0.163. The van der Waals surface area contributed by atoms with Crippen LogP contribution in [0.15, 0.2) is 76.5 Å². The van der Waals surface area contributed by atoms with E-state index in [0.29, 0.717) is 27.9 Å². The van der Waals surface area contributed by atoms with Crippen molar-refractivity contribution in [2.45, 2.75) is 6.92 Å². The van der Waals surface area contributed by atoms with Crippen LogP contribution >= 0.6 is 11.3 Å². The third kappa shape index (κ3) is 4.25. The Morgan fingerprint density at radius 3 is 2.14 bits per heavy atom. The van der Waals surface area contributed by atoms with Crippen LogP contribution in [0, 0.1) is 6.92 Å². The fraction of sp³-hybridized carbons (Fsp3) is 0.0455. The molecule has 6 nitrogen and oxygen atoms in total. The number of oxazole rings is 1. The molecule has 0 aliphatic rings. The molecular formula is C22H17N3O3S. The lowest BCUT2D eigenvalue weighted by atomic mass is 10.2. The summed E-state index contributed by atoms with van der Waals surface area (Å²) in [5, 5.41) is 7.47. The number of carbonyl (C=O) groups excluding carboxylic acids is 2. The van der Waals surface area contributed by atoms with Crippen LogP contribution in [0.25, 0.3) is 11.5 Å². The number of nitrogens with zero attached hydrogens (tertiary/aromatic N) is 1. The molecule has 29 heavy (non-hydrogen) atoms. The number of nitrogens with one attached hydrogen (secondary N) is 2. The summed E-state index contributed by atoms with van der Waals surface area (Å²) in [6.45, 7) is 1.71. The third-order valence-corrected chi connectivity index (χ3v) is 5.05. The molecule has 0 saturated heterocycles. The highest BCUT2D eigenvalue weighted by Gasteiger charge is 2.18. The van der Waals surface area contributed by atoms with Gasteiger partial charge in [0.2, 0.25) is 5.89 Å². The van der Waals surface area contributed by atoms with E-state index in [0.717, 1.165) is 5.56 Å². The largest absolute Gasteiger partial charge is 0.441 e. The number of anilines is 2. The van der Waals surface area contributed by atoms with Crippen LogP contribution < -0.4 is 10.6 Å². The van der Waals surface area contributed by atoms with Crippen molar-refractivity contribution in [3.05, 3.63) is 88.4 Å². The normalized spacial score (nSPS) is 10.5. The van der Waals surface area contributed by atoms with Crippen LogP contribution in [-0.2, 0) is 0 Å². The lowest BCUT2D eigenvalue weighted by Gasteiger charge is -2.06. The van der Waals surface area contributed by atoms with Crippen LogP contribution in [0.2, 0.25) is 0 Å². The van der Waals surface area contributed by atoms with E-state index in [9.17, 15) is 9.59 Å². The van der Waals surface area contributed by atoms with Gasteiger partial charge in [-0.1, -0.05) is 24.3 Å². The molecule has 0 radical (unpaired) electrons. The monoisotopic (exact) mass is 403 g/mol. The van der Waals surface area contributed by atoms with E-state index in [2.05, 4.69) is 15.6 Å². The number of rotatable bonds is 5. The van der Waals surface area contributed by atoms with E-state index < -0.39 is 0 Å². The fourth-order valence-electron chi connectivity index (χ4n) is 2.74. The molecule has 2 heterocycles. The van der Waals surface area contributed by atoms with Crippen LogP contribution in [0.1, 0.15) is 25.9 Å². The van der Waals surface area contributed by atoms with Crippen LogP contribution in [0.4, 0.5) is 11.4 Å². The molecule has 2 aromatic carbocycles. The van der Waals surface area contributed by atoms with Gasteiger partial charge in [-0.3, -0.25) is 9.59 Å². The van der Waals surface area contributed by atoms with E-state index in [-0.39, 0.29) is 17.5 Å². The minimum Gasteiger partial charge on any atom is -0.441 e. The van der Waals surface area contributed by atoms with Gasteiger partial charge in [0.1, 0.15) is 5.76 Å². The lowest BCUT2D eigenvalue weighted by molar-refractivity contribution is 0.101. The van der Waals surface area contributed by atoms with Gasteiger partial charge in [-0.05, 0) is 54.8 Å². The third-order valence-electron chi connectivity index (χ3n) is 4.18. The van der Waals surface area contributed by atoms with Crippen molar-refractivity contribution in [3.8, 4) is 11.5 Å². The van der Waals surface area contributed by atoms with Crippen molar-refractivity contribution in [1.82, 2.24) is 4.98 Å². The summed E-state index contributed by atoms with van der Waals surface area (Å²) in [5.74, 6) is 0.327. The summed E-state index contributed by atoms with van der Waals surface area (Å²) in [6.07, 6.45) is 0. The number of benzene rings is 2. The van der Waals surface area contributed by atoms with Crippen LogP contribution in [-0.4, -0.2) is 16.8 Å². The van der Waals surface area contributed by atoms with Gasteiger partial charge < -0.3 is 15.1 Å². The summed E-state index contributed by atoms with van der Waals surface area (Å²) < 4.78 is 5.64. The quantitative estimate of drug-likeness (QED) is 0.479. The highest BCUT2D eigenvalue weighted by molar-refractivity contribution is 7.12. The molecule has 144 valence electrons. The number of amides is 2. The van der Waals surface area contributed by atoms with E-state index in [1.807, 2.05) is 41.8 Å². The number of carbonyl (C=O) groups is 2. The second-order valence-electron chi connectivity index (χ2n) is 6.25. The van der Waals surface area contributed by atoms with Gasteiger partial charge >= 0.3 is 0 Å². The first-order valence-corrected chi connectivity index (χ1v) is 9.77. The molecule has 4 rings (SSSR count). The van der Waals surface area contributed by atoms with Gasteiger partial charge in [-0.2, -0.15) is 0 Å². The lowest BCUT2D eigenvalue weighted by Crippen LogP contribution is -2.14. The fourth-order valence-corrected chi connectivity index (χ4v) is 3.36. The zero-order valence-electron chi connectivity index (χ0n) is 15.5. The molecule has 2 N–H and O–H groups in total. The zero-order chi connectivity index (χ0) is 20.2. The smallest absolute Gasteiger partial charge is 0.277 e. The maximum Gasteiger partial charge on any atom is 0.277 e. The molecule has 0 atom stereocenters. The van der Waals surface area contributed by atoms with Gasteiger partial charge in [0.25, 0.3) is 11.8 Å². The van der Waals surface area contributed by atoms with Crippen molar-refractivity contribution >= 4 is 34.5 Å². The highest BCUT2D eigenvalue weighted by Crippen LogP contribution is 2.22. The summed E-state index contributed by atoms with van der Waals surface area (Å²) in [5.41, 5.74) is 2.28. The first kappa shape index (κ1) is 18.6. The topological polar surface area (TPSA) is 84.2 Å². The average Bonchev–Trinajstić information content (AvgIpc) is 3.40. The maximum atomic E-state index is 12.6. The molecule has 0 spiro atoms. The summed E-state index contributed by atoms with van der Waals surface area (Å²) >= 11 is 1.38. The molecule has 4 aromatic rings. The molecule has 0 aliphatic heterocycles. The summed E-state index contributed by atoms with van der Waals surface area (Å²) in [6, 6.07) is 19.9. The Morgan fingerprint density at radius 2 is 1.52 bits per heavy atom. The number of aromatic nitrogens is 1. The SMILES string of the molecule is Cc1oc(-c2ccccc2)nc1C(=O)Nc1ccc(NC(=O)c2cccs2)cc1. The molecule has 7 heteroatoms. The van der Waals surface area contributed by atoms with Crippen molar-refractivity contribution in [3.63, 3.8) is 0 Å². The van der Waals surface area contributed by atoms with E-state index in [1.54, 1.807) is 37.3 Å². The summed E-state index contributed by atoms with van der Waals surface area (Å²) in [7, 11) is 0. The van der Waals surface area contributed by atoms with E-state index in [1.165, 1.54) is 11.3 Å². The number of thiophene rings is 1.